The third kappa shape index (κ3) is 2.90. The highest BCUT2D eigenvalue weighted by atomic mass is 35.5. The highest BCUT2D eigenvalue weighted by Gasteiger charge is 2.54. The van der Waals surface area contributed by atoms with Gasteiger partial charge in [0, 0.05) is 42.2 Å². The summed E-state index contributed by atoms with van der Waals surface area (Å²) in [5.74, 6) is 0.0330. The van der Waals surface area contributed by atoms with E-state index < -0.39 is 0 Å². The van der Waals surface area contributed by atoms with Crippen LogP contribution >= 0.6 is 11.6 Å². The van der Waals surface area contributed by atoms with Gasteiger partial charge in [-0.3, -0.25) is 9.59 Å². The molecule has 2 aliphatic heterocycles. The highest BCUT2D eigenvalue weighted by molar-refractivity contribution is 6.17. The first-order valence-corrected chi connectivity index (χ1v) is 10.4. The Bertz CT molecular complexity index is 1070. The Morgan fingerprint density at radius 3 is 2.79 bits per heavy atom. The van der Waals surface area contributed by atoms with Crippen molar-refractivity contribution in [3.05, 3.63) is 59.2 Å². The van der Waals surface area contributed by atoms with Crippen molar-refractivity contribution in [1.29, 1.82) is 5.26 Å². The summed E-state index contributed by atoms with van der Waals surface area (Å²) in [6.45, 7) is 1.05. The number of halogens is 1. The number of carbonyl (C=O) groups excluding carboxylic acids is 2. The van der Waals surface area contributed by atoms with E-state index in [1.807, 2.05) is 23.1 Å². The van der Waals surface area contributed by atoms with E-state index in [0.717, 1.165) is 24.1 Å². The number of benzene rings is 2. The summed E-state index contributed by atoms with van der Waals surface area (Å²) in [5.41, 5.74) is 4.54. The summed E-state index contributed by atoms with van der Waals surface area (Å²) >= 11 is 6.01. The van der Waals surface area contributed by atoms with E-state index in [1.165, 1.54) is 5.56 Å². The van der Waals surface area contributed by atoms with Gasteiger partial charge in [-0.05, 0) is 48.2 Å². The molecule has 1 spiro atoms. The van der Waals surface area contributed by atoms with Gasteiger partial charge >= 0.3 is 0 Å². The second-order valence-electron chi connectivity index (χ2n) is 8.26. The molecule has 6 heteroatoms. The van der Waals surface area contributed by atoms with Crippen molar-refractivity contribution in [2.45, 2.75) is 30.6 Å². The average molecular weight is 406 g/mol. The van der Waals surface area contributed by atoms with Crippen LogP contribution < -0.4 is 9.80 Å². The summed E-state index contributed by atoms with van der Waals surface area (Å²) in [4.78, 5) is 29.5. The molecule has 2 aromatic carbocycles. The zero-order valence-electron chi connectivity index (χ0n) is 15.9. The Morgan fingerprint density at radius 1 is 1.24 bits per heavy atom. The summed E-state index contributed by atoms with van der Waals surface area (Å²) in [7, 11) is 0. The number of carbonyl (C=O) groups is 2. The van der Waals surface area contributed by atoms with E-state index in [1.54, 1.807) is 23.1 Å². The van der Waals surface area contributed by atoms with Crippen molar-refractivity contribution in [1.82, 2.24) is 0 Å². The predicted molar refractivity (Wildman–Crippen MR) is 111 cm³/mol. The Labute approximate surface area is 174 Å². The lowest BCUT2D eigenvalue weighted by Gasteiger charge is -2.22. The second-order valence-corrected chi connectivity index (χ2v) is 8.52. The zero-order valence-corrected chi connectivity index (χ0v) is 16.7. The fourth-order valence-electron chi connectivity index (χ4n) is 4.66. The molecule has 146 valence electrons. The van der Waals surface area contributed by atoms with Crippen molar-refractivity contribution in [2.24, 2.45) is 5.92 Å². The van der Waals surface area contributed by atoms with Crippen LogP contribution in [0.3, 0.4) is 0 Å². The molecule has 0 N–H and O–H groups in total. The molecule has 2 aromatic rings. The first kappa shape index (κ1) is 18.2. The van der Waals surface area contributed by atoms with Crippen molar-refractivity contribution in [3.63, 3.8) is 0 Å². The van der Waals surface area contributed by atoms with Crippen LogP contribution in [0.25, 0.3) is 0 Å². The van der Waals surface area contributed by atoms with Crippen molar-refractivity contribution < 1.29 is 9.59 Å². The number of nitriles is 1. The Kier molecular flexibility index (Phi) is 4.15. The topological polar surface area (TPSA) is 64.4 Å². The molecule has 2 amide bonds. The molecule has 2 heterocycles. The molecule has 0 radical (unpaired) electrons. The van der Waals surface area contributed by atoms with Crippen LogP contribution in [0.2, 0.25) is 0 Å². The average Bonchev–Trinajstić information content (AvgIpc) is 3.33. The van der Waals surface area contributed by atoms with Gasteiger partial charge in [0.05, 0.1) is 17.6 Å². The number of anilines is 2. The van der Waals surface area contributed by atoms with Gasteiger partial charge in [0.25, 0.3) is 0 Å². The van der Waals surface area contributed by atoms with E-state index in [0.29, 0.717) is 30.2 Å². The first-order valence-electron chi connectivity index (χ1n) is 9.86. The standard InChI is InChI=1S/C23H20ClN3O2/c24-11-15-4-5-20-19(9-15)23(6-7-23)14-27(20)22(29)17-10-21(28)26(13-17)18-3-1-2-16(8-18)12-25/h1-5,8-9,17H,6-7,10-11,13-14H2/t17-/m0/s1. The monoisotopic (exact) mass is 405 g/mol. The van der Waals surface area contributed by atoms with Crippen LogP contribution in [0.4, 0.5) is 11.4 Å². The van der Waals surface area contributed by atoms with Crippen LogP contribution in [0.15, 0.2) is 42.5 Å². The smallest absolute Gasteiger partial charge is 0.232 e. The maximum absolute atomic E-state index is 13.4. The number of alkyl halides is 1. The van der Waals surface area contributed by atoms with E-state index in [-0.39, 0.29) is 29.6 Å². The van der Waals surface area contributed by atoms with Crippen LogP contribution in [0, 0.1) is 17.2 Å². The summed E-state index contributed by atoms with van der Waals surface area (Å²) in [6, 6.07) is 15.2. The van der Waals surface area contributed by atoms with Crippen molar-refractivity contribution in [2.75, 3.05) is 22.9 Å². The van der Waals surface area contributed by atoms with E-state index >= 15 is 0 Å². The van der Waals surface area contributed by atoms with Gasteiger partial charge in [0.15, 0.2) is 0 Å². The lowest BCUT2D eigenvalue weighted by molar-refractivity contribution is -0.124. The molecular formula is C23H20ClN3O2. The number of amides is 2. The van der Waals surface area contributed by atoms with E-state index in [9.17, 15) is 9.59 Å². The van der Waals surface area contributed by atoms with Gasteiger partial charge in [-0.25, -0.2) is 0 Å². The number of fused-ring (bicyclic) bond motifs is 2. The summed E-state index contributed by atoms with van der Waals surface area (Å²) in [5, 5.41) is 9.12. The third-order valence-corrected chi connectivity index (χ3v) is 6.73. The molecule has 1 aliphatic carbocycles. The Morgan fingerprint density at radius 2 is 2.07 bits per heavy atom. The van der Waals surface area contributed by atoms with Gasteiger partial charge in [0.2, 0.25) is 11.8 Å². The van der Waals surface area contributed by atoms with E-state index in [4.69, 9.17) is 16.9 Å². The first-order chi connectivity index (χ1) is 14.0. The van der Waals surface area contributed by atoms with Gasteiger partial charge in [-0.2, -0.15) is 5.26 Å². The van der Waals surface area contributed by atoms with Gasteiger partial charge in [-0.1, -0.05) is 18.2 Å². The SMILES string of the molecule is N#Cc1cccc(N2C[C@@H](C(=O)N3CC4(CC4)c4cc(CCl)ccc43)CC2=O)c1. The summed E-state index contributed by atoms with van der Waals surface area (Å²) in [6.07, 6.45) is 2.38. The second kappa shape index (κ2) is 6.60. The molecule has 0 aromatic heterocycles. The van der Waals surface area contributed by atoms with Gasteiger partial charge in [0.1, 0.15) is 0 Å². The fourth-order valence-corrected chi connectivity index (χ4v) is 4.83. The molecule has 5 rings (SSSR count). The maximum Gasteiger partial charge on any atom is 0.232 e. The Balaban J connectivity index is 1.40. The van der Waals surface area contributed by atoms with Crippen LogP contribution in [0.1, 0.15) is 36.0 Å². The van der Waals surface area contributed by atoms with Crippen molar-refractivity contribution in [3.8, 4) is 6.07 Å². The maximum atomic E-state index is 13.4. The molecule has 1 saturated heterocycles. The number of hydrogen-bond donors (Lipinski definition) is 0. The largest absolute Gasteiger partial charge is 0.312 e. The normalized spacial score (nSPS) is 21.4. The minimum atomic E-state index is -0.373. The third-order valence-electron chi connectivity index (χ3n) is 6.42. The van der Waals surface area contributed by atoms with Gasteiger partial charge < -0.3 is 9.80 Å². The lowest BCUT2D eigenvalue weighted by atomic mass is 9.97. The molecule has 1 saturated carbocycles. The molecule has 5 nitrogen and oxygen atoms in total. The number of hydrogen-bond acceptors (Lipinski definition) is 3. The van der Waals surface area contributed by atoms with Gasteiger partial charge in [-0.15, -0.1) is 11.6 Å². The fraction of sp³-hybridized carbons (Fsp3) is 0.348. The molecule has 0 bridgehead atoms. The predicted octanol–water partition coefficient (Wildman–Crippen LogP) is 3.73. The lowest BCUT2D eigenvalue weighted by Crippen LogP contribution is -2.37. The van der Waals surface area contributed by atoms with E-state index in [2.05, 4.69) is 12.1 Å². The molecule has 1 atom stereocenters. The minimum absolute atomic E-state index is 0.0148. The number of rotatable bonds is 3. The highest BCUT2D eigenvalue weighted by Crippen LogP contribution is 2.57. The van der Waals surface area contributed by atoms with Crippen LogP contribution in [-0.4, -0.2) is 24.9 Å². The minimum Gasteiger partial charge on any atom is -0.312 e. The van der Waals surface area contributed by atoms with Crippen LogP contribution in [-0.2, 0) is 20.9 Å². The molecule has 0 unspecified atom stereocenters. The Hall–Kier alpha value is -2.84. The quantitative estimate of drug-likeness (QED) is 0.731. The molecule has 29 heavy (non-hydrogen) atoms. The molecule has 3 aliphatic rings. The van der Waals surface area contributed by atoms with Crippen molar-refractivity contribution >= 4 is 34.8 Å². The van der Waals surface area contributed by atoms with Crippen LogP contribution in [0.5, 0.6) is 0 Å². The number of nitrogens with zero attached hydrogens (tertiary/aromatic N) is 3. The zero-order chi connectivity index (χ0) is 20.2. The molecule has 2 fully saturated rings. The summed E-state index contributed by atoms with van der Waals surface area (Å²) < 4.78 is 0. The molecular weight excluding hydrogens is 386 g/mol.